The van der Waals surface area contributed by atoms with E-state index in [0.717, 1.165) is 39.4 Å². The average Bonchev–Trinajstić information content (AvgIpc) is 3.02. The summed E-state index contributed by atoms with van der Waals surface area (Å²) in [6, 6.07) is 7.95. The highest BCUT2D eigenvalue weighted by molar-refractivity contribution is 7.14. The van der Waals surface area contributed by atoms with Crippen molar-refractivity contribution in [2.45, 2.75) is 12.8 Å². The second-order valence-electron chi connectivity index (χ2n) is 3.94. The molecule has 18 heavy (non-hydrogen) atoms. The number of hydrogen-bond acceptors (Lipinski definition) is 4. The largest absolute Gasteiger partial charge is 0.464 e. The van der Waals surface area contributed by atoms with E-state index >= 15 is 0 Å². The molecular formula is C13H11ClN2OS. The lowest BCUT2D eigenvalue weighted by Gasteiger charge is -1.90. The van der Waals surface area contributed by atoms with Gasteiger partial charge in [0.1, 0.15) is 16.9 Å². The van der Waals surface area contributed by atoms with Gasteiger partial charge in [-0.25, -0.2) is 0 Å². The van der Waals surface area contributed by atoms with E-state index < -0.39 is 0 Å². The van der Waals surface area contributed by atoms with Crippen molar-refractivity contribution in [2.24, 2.45) is 0 Å². The third kappa shape index (κ3) is 2.13. The Balaban J connectivity index is 1.96. The van der Waals surface area contributed by atoms with Gasteiger partial charge in [-0.05, 0) is 12.5 Å². The maximum absolute atomic E-state index is 5.68. The van der Waals surface area contributed by atoms with Crippen LogP contribution in [0.3, 0.4) is 0 Å². The van der Waals surface area contributed by atoms with Gasteiger partial charge in [-0.15, -0.1) is 21.8 Å². The molecule has 3 nitrogen and oxygen atoms in total. The van der Waals surface area contributed by atoms with Crippen LogP contribution < -0.4 is 0 Å². The Morgan fingerprint density at radius 2 is 2.11 bits per heavy atom. The summed E-state index contributed by atoms with van der Waals surface area (Å²) in [6.07, 6.45) is 3.57. The number of hydrogen-bond donors (Lipinski definition) is 0. The summed E-state index contributed by atoms with van der Waals surface area (Å²) in [5.74, 6) is 0.656. The van der Waals surface area contributed by atoms with Crippen molar-refractivity contribution in [1.29, 1.82) is 0 Å². The van der Waals surface area contributed by atoms with Crippen molar-refractivity contribution in [3.05, 3.63) is 35.5 Å². The molecule has 2 aromatic heterocycles. The summed E-state index contributed by atoms with van der Waals surface area (Å²) in [5, 5.41) is 11.4. The molecule has 0 atom stereocenters. The molecule has 0 aliphatic carbocycles. The molecule has 0 radical (unpaired) electrons. The van der Waals surface area contributed by atoms with Gasteiger partial charge in [-0.1, -0.05) is 29.5 Å². The van der Waals surface area contributed by atoms with Crippen molar-refractivity contribution in [3.63, 3.8) is 0 Å². The molecule has 3 aromatic rings. The molecule has 5 heteroatoms. The Morgan fingerprint density at radius 1 is 1.22 bits per heavy atom. The van der Waals surface area contributed by atoms with Crippen LogP contribution in [-0.2, 0) is 6.42 Å². The van der Waals surface area contributed by atoms with Crippen molar-refractivity contribution in [2.75, 3.05) is 5.88 Å². The highest BCUT2D eigenvalue weighted by Crippen LogP contribution is 2.32. The van der Waals surface area contributed by atoms with Crippen LogP contribution in [0.5, 0.6) is 0 Å². The van der Waals surface area contributed by atoms with Crippen molar-refractivity contribution < 1.29 is 4.42 Å². The van der Waals surface area contributed by atoms with Gasteiger partial charge in [0.2, 0.25) is 0 Å². The second-order valence-corrected chi connectivity index (χ2v) is 5.38. The fourth-order valence-corrected chi connectivity index (χ4v) is 2.86. The number of rotatable bonds is 4. The summed E-state index contributed by atoms with van der Waals surface area (Å²) in [5.41, 5.74) is 1.89. The lowest BCUT2D eigenvalue weighted by atomic mass is 10.2. The number of fused-ring (bicyclic) bond motifs is 1. The Labute approximate surface area is 113 Å². The molecule has 0 saturated carbocycles. The molecule has 0 spiro atoms. The smallest absolute Gasteiger partial charge is 0.151 e. The van der Waals surface area contributed by atoms with Gasteiger partial charge >= 0.3 is 0 Å². The van der Waals surface area contributed by atoms with Crippen LogP contribution in [0.4, 0.5) is 0 Å². The minimum absolute atomic E-state index is 0.656. The van der Waals surface area contributed by atoms with Crippen LogP contribution >= 0.6 is 22.9 Å². The second kappa shape index (κ2) is 5.08. The predicted octanol–water partition coefficient (Wildman–Crippen LogP) is 4.12. The number of aromatic nitrogens is 2. The van der Waals surface area contributed by atoms with E-state index in [1.807, 2.05) is 24.3 Å². The average molecular weight is 279 g/mol. The van der Waals surface area contributed by atoms with Gasteiger partial charge < -0.3 is 4.42 Å². The molecule has 0 amide bonds. The number of nitrogens with zero attached hydrogens (tertiary/aromatic N) is 2. The summed E-state index contributed by atoms with van der Waals surface area (Å²) < 4.78 is 5.51. The summed E-state index contributed by atoms with van der Waals surface area (Å²) in [4.78, 5) is 0. The topological polar surface area (TPSA) is 38.9 Å². The number of alkyl halides is 1. The van der Waals surface area contributed by atoms with E-state index in [-0.39, 0.29) is 0 Å². The van der Waals surface area contributed by atoms with Crippen LogP contribution in [0.1, 0.15) is 11.4 Å². The van der Waals surface area contributed by atoms with Crippen LogP contribution in [0.2, 0.25) is 0 Å². The van der Waals surface area contributed by atoms with E-state index in [4.69, 9.17) is 16.0 Å². The van der Waals surface area contributed by atoms with Crippen LogP contribution in [0, 0.1) is 0 Å². The predicted molar refractivity (Wildman–Crippen MR) is 74.2 cm³/mol. The summed E-state index contributed by atoms with van der Waals surface area (Å²) >= 11 is 7.28. The fourth-order valence-electron chi connectivity index (χ4n) is 1.82. The summed E-state index contributed by atoms with van der Waals surface area (Å²) in [7, 11) is 0. The number of benzene rings is 1. The molecular weight excluding hydrogens is 268 g/mol. The normalized spacial score (nSPS) is 11.2. The van der Waals surface area contributed by atoms with E-state index in [0.29, 0.717) is 5.88 Å². The van der Waals surface area contributed by atoms with Gasteiger partial charge in [0.25, 0.3) is 0 Å². The number of furan rings is 1. The third-order valence-corrected chi connectivity index (χ3v) is 3.99. The standard InChI is InChI=1S/C13H11ClN2OS/c14-7-3-6-12-15-16-13(18-12)10-8-17-11-5-2-1-4-9(10)11/h1-2,4-5,8H,3,6-7H2. The highest BCUT2D eigenvalue weighted by atomic mass is 35.5. The first kappa shape index (κ1) is 11.7. The number of para-hydroxylation sites is 1. The lowest BCUT2D eigenvalue weighted by molar-refractivity contribution is 0.617. The fraction of sp³-hybridized carbons (Fsp3) is 0.231. The number of aryl methyl sites for hydroxylation is 1. The molecule has 3 rings (SSSR count). The monoisotopic (exact) mass is 278 g/mol. The van der Waals surface area contributed by atoms with Crippen molar-refractivity contribution >= 4 is 33.9 Å². The maximum Gasteiger partial charge on any atom is 0.151 e. The van der Waals surface area contributed by atoms with E-state index in [9.17, 15) is 0 Å². The highest BCUT2D eigenvalue weighted by Gasteiger charge is 2.12. The van der Waals surface area contributed by atoms with Gasteiger partial charge in [0.05, 0.1) is 5.56 Å². The van der Waals surface area contributed by atoms with Crippen LogP contribution in [-0.4, -0.2) is 16.1 Å². The van der Waals surface area contributed by atoms with Crippen LogP contribution in [0.25, 0.3) is 21.5 Å². The zero-order valence-corrected chi connectivity index (χ0v) is 11.2. The Kier molecular flexibility index (Phi) is 3.30. The Hall–Kier alpha value is -1.39. The Bertz CT molecular complexity index is 662. The van der Waals surface area contributed by atoms with E-state index in [1.165, 1.54) is 0 Å². The van der Waals surface area contributed by atoms with Gasteiger partial charge in [0.15, 0.2) is 5.01 Å². The quantitative estimate of drug-likeness (QED) is 0.674. The third-order valence-electron chi connectivity index (χ3n) is 2.70. The van der Waals surface area contributed by atoms with Crippen molar-refractivity contribution in [3.8, 4) is 10.6 Å². The van der Waals surface area contributed by atoms with Gasteiger partial charge in [-0.3, -0.25) is 0 Å². The molecule has 0 aliphatic rings. The van der Waals surface area contributed by atoms with E-state index in [2.05, 4.69) is 10.2 Å². The molecule has 2 heterocycles. The molecule has 0 unspecified atom stereocenters. The molecule has 0 bridgehead atoms. The first-order valence-corrected chi connectivity index (χ1v) is 7.08. The molecule has 1 aromatic carbocycles. The SMILES string of the molecule is ClCCCc1nnc(-c2coc3ccccc23)s1. The van der Waals surface area contributed by atoms with Gasteiger partial charge in [0, 0.05) is 17.7 Å². The minimum Gasteiger partial charge on any atom is -0.464 e. The molecule has 92 valence electrons. The zero-order valence-electron chi connectivity index (χ0n) is 9.60. The zero-order chi connectivity index (χ0) is 12.4. The first-order chi connectivity index (χ1) is 8.88. The van der Waals surface area contributed by atoms with Crippen LogP contribution in [0.15, 0.2) is 34.9 Å². The first-order valence-electron chi connectivity index (χ1n) is 5.73. The Morgan fingerprint density at radius 3 is 3.00 bits per heavy atom. The van der Waals surface area contributed by atoms with Gasteiger partial charge in [-0.2, -0.15) is 0 Å². The molecule has 0 N–H and O–H groups in total. The maximum atomic E-state index is 5.68. The molecule has 0 fully saturated rings. The molecule has 0 aliphatic heterocycles. The van der Waals surface area contributed by atoms with E-state index in [1.54, 1.807) is 17.6 Å². The van der Waals surface area contributed by atoms with Crippen molar-refractivity contribution in [1.82, 2.24) is 10.2 Å². The summed E-state index contributed by atoms with van der Waals surface area (Å²) in [6.45, 7) is 0. The molecule has 0 saturated heterocycles. The number of halogens is 1. The minimum atomic E-state index is 0.656. The lowest BCUT2D eigenvalue weighted by Crippen LogP contribution is -1.84.